The number of benzene rings is 1. The Hall–Kier alpha value is -1.51. The molecule has 0 unspecified atom stereocenters. The van der Waals surface area contributed by atoms with Crippen LogP contribution in [0.15, 0.2) is 39.9 Å². The maximum absolute atomic E-state index is 13.4. The summed E-state index contributed by atoms with van der Waals surface area (Å²) in [6.07, 6.45) is 0. The molecule has 1 aromatic heterocycles. The number of thiocarbonyl (C=S) groups is 1. The van der Waals surface area contributed by atoms with Crippen molar-refractivity contribution in [3.63, 3.8) is 0 Å². The Morgan fingerprint density at radius 2 is 2.11 bits per heavy atom. The lowest BCUT2D eigenvalue weighted by molar-refractivity contribution is 0.603. The molecule has 0 fully saturated rings. The molecule has 1 heterocycles. The molecule has 100 valence electrons. The Labute approximate surface area is 119 Å². The smallest absolute Gasteiger partial charge is 0.271 e. The van der Waals surface area contributed by atoms with Crippen molar-refractivity contribution < 1.29 is 12.8 Å². The van der Waals surface area contributed by atoms with Gasteiger partial charge in [-0.1, -0.05) is 18.3 Å². The molecule has 0 saturated carbocycles. The molecular weight excluding hydrogens is 307 g/mol. The van der Waals surface area contributed by atoms with Crippen LogP contribution in [-0.4, -0.2) is 13.4 Å². The van der Waals surface area contributed by atoms with Crippen molar-refractivity contribution in [2.45, 2.75) is 4.21 Å². The summed E-state index contributed by atoms with van der Waals surface area (Å²) >= 11 is 5.78. The minimum Gasteiger partial charge on any atom is -0.389 e. The summed E-state index contributed by atoms with van der Waals surface area (Å²) in [7, 11) is -3.66. The van der Waals surface area contributed by atoms with Crippen LogP contribution in [0.4, 0.5) is 10.1 Å². The van der Waals surface area contributed by atoms with Gasteiger partial charge in [-0.15, -0.1) is 11.3 Å². The highest BCUT2D eigenvalue weighted by Crippen LogP contribution is 2.21. The lowest BCUT2D eigenvalue weighted by Crippen LogP contribution is -2.15. The van der Waals surface area contributed by atoms with Gasteiger partial charge in [0.05, 0.1) is 0 Å². The normalized spacial score (nSPS) is 11.2. The van der Waals surface area contributed by atoms with Crippen LogP contribution in [0.3, 0.4) is 0 Å². The Balaban J connectivity index is 2.35. The first kappa shape index (κ1) is 13.9. The van der Waals surface area contributed by atoms with Crippen molar-refractivity contribution >= 4 is 44.3 Å². The molecule has 0 aliphatic carbocycles. The van der Waals surface area contributed by atoms with Gasteiger partial charge in [0.1, 0.15) is 15.0 Å². The third-order valence-corrected chi connectivity index (χ3v) is 5.24. The van der Waals surface area contributed by atoms with Crippen LogP contribution in [0.1, 0.15) is 5.56 Å². The molecule has 4 nitrogen and oxygen atoms in total. The fourth-order valence-electron chi connectivity index (χ4n) is 1.40. The summed E-state index contributed by atoms with van der Waals surface area (Å²) in [5.74, 6) is -0.591. The molecule has 1 aromatic carbocycles. The number of anilines is 1. The maximum Gasteiger partial charge on any atom is 0.271 e. The Morgan fingerprint density at radius 1 is 1.37 bits per heavy atom. The molecule has 3 N–H and O–H groups in total. The van der Waals surface area contributed by atoms with E-state index in [1.807, 2.05) is 0 Å². The van der Waals surface area contributed by atoms with E-state index in [0.717, 1.165) is 17.4 Å². The van der Waals surface area contributed by atoms with Gasteiger partial charge in [-0.25, -0.2) is 12.8 Å². The van der Waals surface area contributed by atoms with Gasteiger partial charge < -0.3 is 5.73 Å². The lowest BCUT2D eigenvalue weighted by Gasteiger charge is -2.08. The monoisotopic (exact) mass is 316 g/mol. The second kappa shape index (κ2) is 5.24. The summed E-state index contributed by atoms with van der Waals surface area (Å²) < 4.78 is 39.8. The second-order valence-corrected chi connectivity index (χ2v) is 6.89. The predicted octanol–water partition coefficient (Wildman–Crippen LogP) is 2.32. The third kappa shape index (κ3) is 3.09. The summed E-state index contributed by atoms with van der Waals surface area (Å²) in [4.78, 5) is -0.130. The largest absolute Gasteiger partial charge is 0.389 e. The molecule has 0 spiro atoms. The van der Waals surface area contributed by atoms with Crippen molar-refractivity contribution in [3.8, 4) is 0 Å². The van der Waals surface area contributed by atoms with Crippen LogP contribution < -0.4 is 10.5 Å². The van der Waals surface area contributed by atoms with Crippen molar-refractivity contribution in [1.29, 1.82) is 0 Å². The molecule has 19 heavy (non-hydrogen) atoms. The van der Waals surface area contributed by atoms with Crippen LogP contribution in [0.25, 0.3) is 0 Å². The second-order valence-electron chi connectivity index (χ2n) is 3.60. The highest BCUT2D eigenvalue weighted by molar-refractivity contribution is 7.94. The molecule has 0 radical (unpaired) electrons. The minimum absolute atomic E-state index is 0.00128. The average molecular weight is 316 g/mol. The Morgan fingerprint density at radius 3 is 2.68 bits per heavy atom. The summed E-state index contributed by atoms with van der Waals surface area (Å²) in [6, 6.07) is 6.79. The summed E-state index contributed by atoms with van der Waals surface area (Å²) in [5, 5.41) is 1.65. The first-order chi connectivity index (χ1) is 8.90. The highest BCUT2D eigenvalue weighted by Gasteiger charge is 2.16. The van der Waals surface area contributed by atoms with Gasteiger partial charge >= 0.3 is 0 Å². The fourth-order valence-corrected chi connectivity index (χ4v) is 3.60. The van der Waals surface area contributed by atoms with E-state index in [1.165, 1.54) is 18.2 Å². The number of halogens is 1. The van der Waals surface area contributed by atoms with E-state index in [1.54, 1.807) is 11.4 Å². The van der Waals surface area contributed by atoms with E-state index in [0.29, 0.717) is 0 Å². The van der Waals surface area contributed by atoms with Gasteiger partial charge in [-0.2, -0.15) is 0 Å². The fraction of sp³-hybridized carbons (Fsp3) is 0. The molecule has 8 heteroatoms. The molecule has 0 amide bonds. The van der Waals surface area contributed by atoms with Crippen LogP contribution in [0.2, 0.25) is 0 Å². The van der Waals surface area contributed by atoms with Crippen molar-refractivity contribution in [2.75, 3.05) is 4.72 Å². The van der Waals surface area contributed by atoms with Gasteiger partial charge in [0.25, 0.3) is 10.0 Å². The average Bonchev–Trinajstić information content (AvgIpc) is 2.85. The van der Waals surface area contributed by atoms with Crippen molar-refractivity contribution in [1.82, 2.24) is 0 Å². The SMILES string of the molecule is NC(=S)c1cc(NS(=O)(=O)c2cccs2)ccc1F. The minimum atomic E-state index is -3.66. The van der Waals surface area contributed by atoms with Gasteiger partial charge in [0.2, 0.25) is 0 Å². The van der Waals surface area contributed by atoms with Crippen LogP contribution >= 0.6 is 23.6 Å². The topological polar surface area (TPSA) is 72.2 Å². The van der Waals surface area contributed by atoms with Crippen LogP contribution in [-0.2, 0) is 10.0 Å². The molecule has 2 rings (SSSR count). The quantitative estimate of drug-likeness (QED) is 0.849. The molecule has 0 aliphatic rings. The van der Waals surface area contributed by atoms with E-state index >= 15 is 0 Å². The third-order valence-electron chi connectivity index (χ3n) is 2.24. The predicted molar refractivity (Wildman–Crippen MR) is 77.4 cm³/mol. The number of nitrogens with two attached hydrogens (primary N) is 1. The van der Waals surface area contributed by atoms with E-state index in [9.17, 15) is 12.8 Å². The first-order valence-electron chi connectivity index (χ1n) is 5.06. The molecule has 2 aromatic rings. The standard InChI is InChI=1S/C11H9FN2O2S3/c12-9-4-3-7(6-8(9)11(13)17)14-19(15,16)10-2-1-5-18-10/h1-6,14H,(H2,13,17). The number of hydrogen-bond donors (Lipinski definition) is 2. The lowest BCUT2D eigenvalue weighted by atomic mass is 10.2. The molecule has 0 saturated heterocycles. The van der Waals surface area contributed by atoms with E-state index in [-0.39, 0.29) is 20.4 Å². The maximum atomic E-state index is 13.4. The molecule has 0 atom stereocenters. The Bertz CT molecular complexity index is 712. The number of hydrogen-bond acceptors (Lipinski definition) is 4. The molecular formula is C11H9FN2O2S3. The van der Waals surface area contributed by atoms with Crippen molar-refractivity contribution in [3.05, 3.63) is 47.1 Å². The molecule has 0 bridgehead atoms. The van der Waals surface area contributed by atoms with Gasteiger partial charge in [-0.3, -0.25) is 4.72 Å². The number of rotatable bonds is 4. The number of thiophene rings is 1. The summed E-state index contributed by atoms with van der Waals surface area (Å²) in [5.41, 5.74) is 5.57. The van der Waals surface area contributed by atoms with E-state index in [2.05, 4.69) is 4.72 Å². The number of sulfonamides is 1. The first-order valence-corrected chi connectivity index (χ1v) is 7.83. The van der Waals surface area contributed by atoms with Crippen LogP contribution in [0.5, 0.6) is 0 Å². The van der Waals surface area contributed by atoms with E-state index < -0.39 is 15.8 Å². The van der Waals surface area contributed by atoms with Gasteiger partial charge in [-0.05, 0) is 29.6 Å². The van der Waals surface area contributed by atoms with Crippen LogP contribution in [0, 0.1) is 5.82 Å². The van der Waals surface area contributed by atoms with Gasteiger partial charge in [0.15, 0.2) is 0 Å². The Kier molecular flexibility index (Phi) is 3.83. The molecule has 0 aliphatic heterocycles. The zero-order valence-electron chi connectivity index (χ0n) is 9.46. The van der Waals surface area contributed by atoms with E-state index in [4.69, 9.17) is 18.0 Å². The van der Waals surface area contributed by atoms with Gasteiger partial charge in [0, 0.05) is 11.3 Å². The zero-order valence-corrected chi connectivity index (χ0v) is 11.9. The summed E-state index contributed by atoms with van der Waals surface area (Å²) in [6.45, 7) is 0. The zero-order chi connectivity index (χ0) is 14.0. The highest BCUT2D eigenvalue weighted by atomic mass is 32.2. The number of nitrogens with one attached hydrogen (secondary N) is 1. The van der Waals surface area contributed by atoms with Crippen molar-refractivity contribution in [2.24, 2.45) is 5.73 Å².